The van der Waals surface area contributed by atoms with Crippen LogP contribution in [0.5, 0.6) is 0 Å². The Bertz CT molecular complexity index is 660. The van der Waals surface area contributed by atoms with E-state index in [1.165, 1.54) is 28.0 Å². The molecule has 0 saturated carbocycles. The van der Waals surface area contributed by atoms with Gasteiger partial charge in [0, 0.05) is 12.1 Å². The molecule has 0 bridgehead atoms. The third-order valence-electron chi connectivity index (χ3n) is 3.11. The summed E-state index contributed by atoms with van der Waals surface area (Å²) in [6, 6.07) is 0. The van der Waals surface area contributed by atoms with Crippen molar-refractivity contribution in [3.05, 3.63) is 28.5 Å². The van der Waals surface area contributed by atoms with Crippen molar-refractivity contribution in [1.29, 1.82) is 0 Å². The molecule has 1 aromatic rings. The van der Waals surface area contributed by atoms with Gasteiger partial charge in [0.1, 0.15) is 10.0 Å². The lowest BCUT2D eigenvalue weighted by atomic mass is 10.2. The van der Waals surface area contributed by atoms with Crippen molar-refractivity contribution in [2.24, 2.45) is 0 Å². The number of thiazole rings is 1. The highest BCUT2D eigenvalue weighted by Crippen LogP contribution is 2.36. The normalized spacial score (nSPS) is 14.7. The minimum atomic E-state index is -0.187. The van der Waals surface area contributed by atoms with Crippen LogP contribution in [-0.2, 0) is 4.79 Å². The number of allylic oxidation sites excluding steroid dienone is 2. The van der Waals surface area contributed by atoms with Gasteiger partial charge in [0.15, 0.2) is 5.15 Å². The lowest BCUT2D eigenvalue weighted by molar-refractivity contribution is -0.117. The molecule has 1 aliphatic rings. The monoisotopic (exact) mass is 353 g/mol. The third kappa shape index (κ3) is 3.67. The molecule has 22 heavy (non-hydrogen) atoms. The largest absolute Gasteiger partial charge is 0.387 e. The second kappa shape index (κ2) is 7.73. The quantitative estimate of drug-likeness (QED) is 0.826. The fourth-order valence-electron chi connectivity index (χ4n) is 1.87. The van der Waals surface area contributed by atoms with E-state index in [1.54, 1.807) is 0 Å². The molecule has 1 aliphatic heterocycles. The first-order valence-electron chi connectivity index (χ1n) is 6.62. The highest BCUT2D eigenvalue weighted by molar-refractivity contribution is 7.99. The number of hydrogen-bond acceptors (Lipinski definition) is 5. The van der Waals surface area contributed by atoms with Gasteiger partial charge in [0.2, 0.25) is 5.91 Å². The molecule has 2 heterocycles. The average Bonchev–Trinajstić information content (AvgIpc) is 2.93. The van der Waals surface area contributed by atoms with Gasteiger partial charge in [0.25, 0.3) is 0 Å². The Morgan fingerprint density at radius 1 is 1.73 bits per heavy atom. The molecule has 7 heteroatoms. The number of thioether (sulfide) groups is 1. The van der Waals surface area contributed by atoms with Crippen LogP contribution in [0.25, 0.3) is 5.57 Å². The number of rotatable bonds is 5. The number of amides is 1. The number of carbonyl (C=O) groups excluding carboxylic acids is 1. The molecular weight excluding hydrogens is 338 g/mol. The number of terminal acetylenes is 1. The summed E-state index contributed by atoms with van der Waals surface area (Å²) in [5.74, 6) is 2.46. The second-order valence-electron chi connectivity index (χ2n) is 4.55. The number of anilines is 1. The van der Waals surface area contributed by atoms with Crippen LogP contribution < -0.4 is 10.2 Å². The molecule has 1 N–H and O–H groups in total. The summed E-state index contributed by atoms with van der Waals surface area (Å²) in [6.07, 6.45) is 13.1. The van der Waals surface area contributed by atoms with Gasteiger partial charge in [-0.3, -0.25) is 9.69 Å². The smallest absolute Gasteiger partial charge is 0.241 e. The predicted octanol–water partition coefficient (Wildman–Crippen LogP) is 3.01. The Hall–Kier alpha value is -1.42. The van der Waals surface area contributed by atoms with Crippen LogP contribution in [0, 0.1) is 12.3 Å². The maximum atomic E-state index is 12.5. The molecule has 1 atom stereocenters. The summed E-state index contributed by atoms with van der Waals surface area (Å²) < 4.78 is 0. The van der Waals surface area contributed by atoms with Crippen LogP contribution >= 0.6 is 34.7 Å². The first kappa shape index (κ1) is 16.9. The number of carbonyl (C=O) groups is 1. The van der Waals surface area contributed by atoms with Gasteiger partial charge in [-0.25, -0.2) is 4.98 Å². The van der Waals surface area contributed by atoms with Crippen molar-refractivity contribution in [3.63, 3.8) is 0 Å². The van der Waals surface area contributed by atoms with E-state index in [1.807, 2.05) is 31.5 Å². The third-order valence-corrected chi connectivity index (χ3v) is 5.55. The zero-order chi connectivity index (χ0) is 16.1. The Labute approximate surface area is 143 Å². The van der Waals surface area contributed by atoms with Gasteiger partial charge in [-0.1, -0.05) is 34.9 Å². The summed E-state index contributed by atoms with van der Waals surface area (Å²) >= 11 is 9.11. The maximum absolute atomic E-state index is 12.5. The fourth-order valence-corrected chi connectivity index (χ4v) is 3.53. The van der Waals surface area contributed by atoms with Gasteiger partial charge >= 0.3 is 0 Å². The highest BCUT2D eigenvalue weighted by Gasteiger charge is 2.26. The molecular formula is C15H16ClN3OS2. The zero-order valence-electron chi connectivity index (χ0n) is 12.3. The number of hydrogen-bond donors (Lipinski definition) is 1. The van der Waals surface area contributed by atoms with E-state index in [0.717, 1.165) is 10.6 Å². The van der Waals surface area contributed by atoms with E-state index >= 15 is 0 Å². The van der Waals surface area contributed by atoms with Crippen molar-refractivity contribution in [3.8, 4) is 12.3 Å². The molecule has 4 nitrogen and oxygen atoms in total. The van der Waals surface area contributed by atoms with E-state index in [2.05, 4.69) is 16.2 Å². The van der Waals surface area contributed by atoms with Crippen molar-refractivity contribution in [1.82, 2.24) is 10.3 Å². The SMILES string of the molecule is C#CCN(C(=O)C(C)SC)c1sc(C2=CC=CNC2)nc1Cl. The van der Waals surface area contributed by atoms with Crippen LogP contribution in [-0.4, -0.2) is 35.5 Å². The fraction of sp³-hybridized carbons (Fsp3) is 0.333. The van der Waals surface area contributed by atoms with Gasteiger partial charge in [-0.15, -0.1) is 6.42 Å². The van der Waals surface area contributed by atoms with E-state index in [0.29, 0.717) is 16.7 Å². The van der Waals surface area contributed by atoms with Gasteiger partial charge in [0.05, 0.1) is 11.8 Å². The standard InChI is InChI=1S/C15H16ClN3OS2/c1-4-8-19(14(20)10(2)21-3)15-12(16)18-13(22-15)11-6-5-7-17-9-11/h1,5-7,10,17H,8-9H2,2-3H3. The zero-order valence-corrected chi connectivity index (χ0v) is 14.7. The average molecular weight is 354 g/mol. The minimum absolute atomic E-state index is 0.0572. The number of nitrogens with one attached hydrogen (secondary N) is 1. The molecule has 1 aromatic heterocycles. The summed E-state index contributed by atoms with van der Waals surface area (Å²) in [4.78, 5) is 18.4. The first-order valence-corrected chi connectivity index (χ1v) is 9.10. The second-order valence-corrected chi connectivity index (χ2v) is 7.07. The van der Waals surface area contributed by atoms with Crippen LogP contribution in [0.15, 0.2) is 18.4 Å². The Balaban J connectivity index is 2.34. The van der Waals surface area contributed by atoms with Crippen molar-refractivity contribution in [2.75, 3.05) is 24.2 Å². The Morgan fingerprint density at radius 2 is 2.50 bits per heavy atom. The van der Waals surface area contributed by atoms with Crippen molar-refractivity contribution >= 4 is 51.2 Å². The Kier molecular flexibility index (Phi) is 5.95. The number of nitrogens with zero attached hydrogens (tertiary/aromatic N) is 2. The summed E-state index contributed by atoms with van der Waals surface area (Å²) in [5, 5.41) is 4.65. The van der Waals surface area contributed by atoms with Crippen LogP contribution in [0.4, 0.5) is 5.00 Å². The van der Waals surface area contributed by atoms with Crippen LogP contribution in [0.1, 0.15) is 11.9 Å². The van der Waals surface area contributed by atoms with Gasteiger partial charge in [-0.2, -0.15) is 11.8 Å². The molecule has 116 valence electrons. The minimum Gasteiger partial charge on any atom is -0.387 e. The molecule has 2 rings (SSSR count). The topological polar surface area (TPSA) is 45.2 Å². The van der Waals surface area contributed by atoms with E-state index < -0.39 is 0 Å². The van der Waals surface area contributed by atoms with Crippen LogP contribution in [0.3, 0.4) is 0 Å². The summed E-state index contributed by atoms with van der Waals surface area (Å²) in [6.45, 7) is 2.72. The number of dihydropyridines is 1. The molecule has 0 aliphatic carbocycles. The molecule has 0 radical (unpaired) electrons. The van der Waals surface area contributed by atoms with Crippen LogP contribution in [0.2, 0.25) is 5.15 Å². The lowest BCUT2D eigenvalue weighted by Crippen LogP contribution is -2.36. The maximum Gasteiger partial charge on any atom is 0.241 e. The predicted molar refractivity (Wildman–Crippen MR) is 96.4 cm³/mol. The Morgan fingerprint density at radius 3 is 3.09 bits per heavy atom. The molecule has 0 spiro atoms. The van der Waals surface area contributed by atoms with Crippen molar-refractivity contribution in [2.45, 2.75) is 12.2 Å². The van der Waals surface area contributed by atoms with Crippen molar-refractivity contribution < 1.29 is 4.79 Å². The number of halogens is 1. The first-order chi connectivity index (χ1) is 10.6. The highest BCUT2D eigenvalue weighted by atomic mass is 35.5. The summed E-state index contributed by atoms with van der Waals surface area (Å²) in [7, 11) is 0. The van der Waals surface area contributed by atoms with E-state index in [9.17, 15) is 4.79 Å². The lowest BCUT2D eigenvalue weighted by Gasteiger charge is -2.21. The molecule has 1 unspecified atom stereocenters. The number of aromatic nitrogens is 1. The molecule has 0 saturated heterocycles. The molecule has 0 aromatic carbocycles. The van der Waals surface area contributed by atoms with E-state index in [-0.39, 0.29) is 17.7 Å². The molecule has 1 amide bonds. The van der Waals surface area contributed by atoms with E-state index in [4.69, 9.17) is 18.0 Å². The summed E-state index contributed by atoms with van der Waals surface area (Å²) in [5.41, 5.74) is 1.03. The van der Waals surface area contributed by atoms with Gasteiger partial charge in [-0.05, 0) is 25.5 Å². The molecule has 0 fully saturated rings. The van der Waals surface area contributed by atoms with Gasteiger partial charge < -0.3 is 5.32 Å².